The zero-order valence-corrected chi connectivity index (χ0v) is 14.9. The Morgan fingerprint density at radius 3 is 2.83 bits per heavy atom. The second-order valence-electron chi connectivity index (χ2n) is 6.61. The van der Waals surface area contributed by atoms with Gasteiger partial charge in [0.05, 0.1) is 18.4 Å². The van der Waals surface area contributed by atoms with Gasteiger partial charge in [0.15, 0.2) is 11.3 Å². The van der Waals surface area contributed by atoms with E-state index < -0.39 is 12.7 Å². The molecule has 1 aliphatic heterocycles. The summed E-state index contributed by atoms with van der Waals surface area (Å²) in [5.74, 6) is 0.685. The topological polar surface area (TPSA) is 92.8 Å². The first-order valence-corrected chi connectivity index (χ1v) is 8.70. The lowest BCUT2D eigenvalue weighted by Gasteiger charge is -2.14. The van der Waals surface area contributed by atoms with Crippen LogP contribution < -0.4 is 16.0 Å². The summed E-state index contributed by atoms with van der Waals surface area (Å²) in [7, 11) is 0. The van der Waals surface area contributed by atoms with E-state index in [1.807, 2.05) is 34.8 Å². The number of anilines is 1. The summed E-state index contributed by atoms with van der Waals surface area (Å²) >= 11 is 0. The van der Waals surface area contributed by atoms with Crippen LogP contribution in [0.4, 0.5) is 24.7 Å². The molecule has 0 spiro atoms. The second-order valence-corrected chi connectivity index (χ2v) is 6.61. The molecule has 0 bridgehead atoms. The van der Waals surface area contributed by atoms with E-state index in [0.717, 1.165) is 21.6 Å². The zero-order chi connectivity index (χ0) is 20.0. The molecule has 4 aromatic heterocycles. The van der Waals surface area contributed by atoms with Crippen LogP contribution in [0, 0.1) is 0 Å². The minimum atomic E-state index is -4.32. The molecular formula is C17H15F3N9+. The Morgan fingerprint density at radius 2 is 1.97 bits per heavy atom. The number of hydrogen-bond acceptors (Lipinski definition) is 6. The van der Waals surface area contributed by atoms with Crippen molar-refractivity contribution < 1.29 is 18.6 Å². The van der Waals surface area contributed by atoms with Gasteiger partial charge in [0.2, 0.25) is 5.82 Å². The van der Waals surface area contributed by atoms with Gasteiger partial charge in [-0.1, -0.05) is 11.6 Å². The molecule has 0 aliphatic carbocycles. The minimum Gasteiger partial charge on any atom is -0.263 e. The molecule has 148 valence electrons. The van der Waals surface area contributed by atoms with Gasteiger partial charge in [-0.3, -0.25) is 4.68 Å². The summed E-state index contributed by atoms with van der Waals surface area (Å²) in [5, 5.41) is 9.78. The van der Waals surface area contributed by atoms with Crippen LogP contribution in [-0.4, -0.2) is 35.5 Å². The van der Waals surface area contributed by atoms with Crippen LogP contribution in [0.5, 0.6) is 0 Å². The molecule has 0 atom stereocenters. The minimum absolute atomic E-state index is 0.517. The fourth-order valence-corrected chi connectivity index (χ4v) is 3.18. The number of quaternary nitrogens is 1. The lowest BCUT2D eigenvalue weighted by Crippen LogP contribution is -2.87. The van der Waals surface area contributed by atoms with Gasteiger partial charge >= 0.3 is 6.18 Å². The summed E-state index contributed by atoms with van der Waals surface area (Å²) in [5.41, 5.74) is 8.68. The molecule has 0 fully saturated rings. The molecule has 12 heteroatoms. The molecule has 9 nitrogen and oxygen atoms in total. The van der Waals surface area contributed by atoms with Crippen molar-refractivity contribution >= 4 is 17.2 Å². The summed E-state index contributed by atoms with van der Waals surface area (Å²) in [6, 6.07) is 7.46. The van der Waals surface area contributed by atoms with E-state index in [-0.39, 0.29) is 0 Å². The Bertz CT molecular complexity index is 1180. The third kappa shape index (κ3) is 3.50. The van der Waals surface area contributed by atoms with E-state index in [0.29, 0.717) is 23.6 Å². The molecule has 0 saturated heterocycles. The van der Waals surface area contributed by atoms with Crippen molar-refractivity contribution in [3.63, 3.8) is 0 Å². The zero-order valence-electron chi connectivity index (χ0n) is 14.9. The largest absolute Gasteiger partial charge is 0.408 e. The molecule has 1 aliphatic rings. The van der Waals surface area contributed by atoms with Crippen molar-refractivity contribution in [1.82, 2.24) is 34.9 Å². The highest BCUT2D eigenvalue weighted by Gasteiger charge is 2.29. The lowest BCUT2D eigenvalue weighted by atomic mass is 10.2. The third-order valence-corrected chi connectivity index (χ3v) is 4.48. The molecule has 0 amide bonds. The highest BCUT2D eigenvalue weighted by Crippen LogP contribution is 2.27. The number of nitrogens with zero attached hydrogens (tertiary/aromatic N) is 7. The highest BCUT2D eigenvalue weighted by atomic mass is 19.4. The molecule has 0 unspecified atom stereocenters. The molecular weight excluding hydrogens is 387 g/mol. The fraction of sp³-hybridized carbons (Fsp3) is 0.176. The van der Waals surface area contributed by atoms with Crippen LogP contribution in [0.1, 0.15) is 5.56 Å². The molecule has 3 N–H and O–H groups in total. The third-order valence-electron chi connectivity index (χ3n) is 4.48. The number of nitrogens with two attached hydrogens (primary N) is 1. The Morgan fingerprint density at radius 1 is 1.07 bits per heavy atom. The van der Waals surface area contributed by atoms with Crippen molar-refractivity contribution in [1.29, 1.82) is 0 Å². The molecule has 29 heavy (non-hydrogen) atoms. The number of aromatic nitrogens is 6. The van der Waals surface area contributed by atoms with Crippen molar-refractivity contribution in [3.8, 4) is 11.3 Å². The summed E-state index contributed by atoms with van der Waals surface area (Å²) < 4.78 is 40.2. The van der Waals surface area contributed by atoms with E-state index in [1.165, 1.54) is 18.7 Å². The Kier molecular flexibility index (Phi) is 3.96. The van der Waals surface area contributed by atoms with Gasteiger partial charge in [-0.2, -0.15) is 23.4 Å². The van der Waals surface area contributed by atoms with E-state index in [2.05, 4.69) is 25.7 Å². The van der Waals surface area contributed by atoms with Crippen molar-refractivity contribution in [2.24, 2.45) is 0 Å². The standard InChI is InChI=1S/C17H14F3N9/c18-17(19,20)9-27-8-12(5-22-27)13-2-3-14-16(24-13)29(26-25-14)7-11-1-4-15-21-10-23-28(15)6-11/h1-6,8,10,25-26H,7,9H2/p+1. The quantitative estimate of drug-likeness (QED) is 0.498. The van der Waals surface area contributed by atoms with Gasteiger partial charge in [0.25, 0.3) is 0 Å². The van der Waals surface area contributed by atoms with Crippen molar-refractivity contribution in [2.45, 2.75) is 19.3 Å². The smallest absolute Gasteiger partial charge is 0.263 e. The van der Waals surface area contributed by atoms with Crippen molar-refractivity contribution in [3.05, 3.63) is 54.7 Å². The number of nitrogens with one attached hydrogen (secondary N) is 1. The van der Waals surface area contributed by atoms with Crippen LogP contribution in [0.25, 0.3) is 16.9 Å². The second kappa shape index (κ2) is 6.53. The predicted octanol–water partition coefficient (Wildman–Crippen LogP) is 1.18. The van der Waals surface area contributed by atoms with Crippen molar-refractivity contribution in [2.75, 3.05) is 5.01 Å². The predicted molar refractivity (Wildman–Crippen MR) is 95.4 cm³/mol. The van der Waals surface area contributed by atoms with Crippen LogP contribution in [0.15, 0.2) is 49.2 Å². The van der Waals surface area contributed by atoms with Crippen LogP contribution in [0.2, 0.25) is 0 Å². The number of fused-ring (bicyclic) bond motifs is 2. The maximum absolute atomic E-state index is 12.6. The monoisotopic (exact) mass is 402 g/mol. The van der Waals surface area contributed by atoms with E-state index >= 15 is 0 Å². The first-order chi connectivity index (χ1) is 13.9. The highest BCUT2D eigenvalue weighted by molar-refractivity contribution is 5.67. The summed E-state index contributed by atoms with van der Waals surface area (Å²) in [6.07, 6.45) is 1.78. The Balaban J connectivity index is 1.40. The number of pyridine rings is 2. The van der Waals surface area contributed by atoms with E-state index in [9.17, 15) is 13.2 Å². The fourth-order valence-electron chi connectivity index (χ4n) is 3.18. The molecule has 0 saturated carbocycles. The number of hydrazine groups is 1. The van der Waals surface area contributed by atoms with Gasteiger partial charge in [-0.15, -0.1) is 0 Å². The van der Waals surface area contributed by atoms with Gasteiger partial charge in [0, 0.05) is 24.0 Å². The number of alkyl halides is 3. The number of halogens is 3. The first-order valence-electron chi connectivity index (χ1n) is 8.70. The van der Waals surface area contributed by atoms with Gasteiger partial charge in [-0.05, 0) is 17.7 Å². The summed E-state index contributed by atoms with van der Waals surface area (Å²) in [4.78, 5) is 8.75. The van der Waals surface area contributed by atoms with Crippen LogP contribution in [-0.2, 0) is 13.1 Å². The summed E-state index contributed by atoms with van der Waals surface area (Å²) in [6.45, 7) is -0.618. The lowest BCUT2D eigenvalue weighted by molar-refractivity contribution is -0.626. The molecule has 0 radical (unpaired) electrons. The van der Waals surface area contributed by atoms with Crippen LogP contribution in [0.3, 0.4) is 0 Å². The SMILES string of the molecule is FC(F)(F)Cn1cc(-c2ccc3c(n2)N(Cc2ccc4ncnn4c2)N[NH2+]3)cn1. The maximum atomic E-state index is 12.6. The van der Waals surface area contributed by atoms with Gasteiger partial charge in [-0.25, -0.2) is 24.9 Å². The Labute approximate surface area is 161 Å². The van der Waals surface area contributed by atoms with Crippen LogP contribution >= 0.6 is 0 Å². The number of hydrogen-bond donors (Lipinski definition) is 2. The molecule has 5 rings (SSSR count). The average molecular weight is 402 g/mol. The van der Waals surface area contributed by atoms with Gasteiger partial charge in [0.1, 0.15) is 12.9 Å². The molecule has 5 heterocycles. The van der Waals surface area contributed by atoms with E-state index in [4.69, 9.17) is 0 Å². The average Bonchev–Trinajstić information content (AvgIpc) is 3.40. The number of rotatable bonds is 4. The van der Waals surface area contributed by atoms with E-state index in [1.54, 1.807) is 10.6 Å². The molecule has 4 aromatic rings. The van der Waals surface area contributed by atoms with Gasteiger partial charge < -0.3 is 0 Å². The normalized spacial score (nSPS) is 14.0. The molecule has 0 aromatic carbocycles. The Hall–Kier alpha value is -3.51. The first kappa shape index (κ1) is 17.6. The maximum Gasteiger partial charge on any atom is 0.408 e.